The van der Waals surface area contributed by atoms with Gasteiger partial charge in [0.1, 0.15) is 0 Å². The maximum Gasteiger partial charge on any atom is 0.0575 e. The average Bonchev–Trinajstić information content (AvgIpc) is 1.91. The van der Waals surface area contributed by atoms with Crippen molar-refractivity contribution in [1.29, 1.82) is 0 Å². The van der Waals surface area contributed by atoms with Crippen LogP contribution in [-0.4, -0.2) is 18.0 Å². The Morgan fingerprint density at radius 3 is 2.31 bits per heavy atom. The van der Waals surface area contributed by atoms with E-state index in [4.69, 9.17) is 4.74 Å². The maximum atomic E-state index is 5.83. The van der Waals surface area contributed by atoms with Gasteiger partial charge in [-0.05, 0) is 30.6 Å². The van der Waals surface area contributed by atoms with Crippen LogP contribution in [-0.2, 0) is 4.74 Å². The van der Waals surface area contributed by atoms with Crippen LogP contribution in [0.2, 0.25) is 0 Å². The van der Waals surface area contributed by atoms with Gasteiger partial charge in [-0.25, -0.2) is 0 Å². The zero-order valence-electron chi connectivity index (χ0n) is 8.98. The van der Waals surface area contributed by atoms with Crippen LogP contribution in [0.1, 0.15) is 40.0 Å². The van der Waals surface area contributed by atoms with E-state index in [2.05, 4.69) is 36.7 Å². The van der Waals surface area contributed by atoms with Gasteiger partial charge in [0.15, 0.2) is 0 Å². The van der Waals surface area contributed by atoms with Gasteiger partial charge in [0, 0.05) is 5.33 Å². The van der Waals surface area contributed by atoms with E-state index in [1.165, 1.54) is 19.3 Å². The zero-order chi connectivity index (χ0) is 9.90. The third-order valence-corrected chi connectivity index (χ3v) is 3.78. The first kappa shape index (κ1) is 11.5. The van der Waals surface area contributed by atoms with Crippen molar-refractivity contribution in [1.82, 2.24) is 0 Å². The molecular weight excluding hydrogens is 228 g/mol. The van der Waals surface area contributed by atoms with Gasteiger partial charge in [0.05, 0.1) is 12.7 Å². The molecule has 0 aromatic carbocycles. The SMILES string of the molecule is CC(C)(C)C(CBr)COC1CCC1. The van der Waals surface area contributed by atoms with E-state index in [1.807, 2.05) is 0 Å². The van der Waals surface area contributed by atoms with E-state index in [0.29, 0.717) is 17.4 Å². The largest absolute Gasteiger partial charge is 0.378 e. The van der Waals surface area contributed by atoms with Crippen molar-refractivity contribution >= 4 is 15.9 Å². The lowest BCUT2D eigenvalue weighted by atomic mass is 9.82. The van der Waals surface area contributed by atoms with Gasteiger partial charge in [0.25, 0.3) is 0 Å². The molecule has 1 fully saturated rings. The van der Waals surface area contributed by atoms with Crippen molar-refractivity contribution < 1.29 is 4.74 Å². The molecule has 0 aliphatic heterocycles. The molecule has 1 unspecified atom stereocenters. The molecule has 2 heteroatoms. The van der Waals surface area contributed by atoms with Crippen molar-refractivity contribution in [2.45, 2.75) is 46.1 Å². The standard InChI is InChI=1S/C11H21BrO/c1-11(2,3)9(7-12)8-13-10-5-4-6-10/h9-10H,4-8H2,1-3H3. The second-order valence-corrected chi connectivity index (χ2v) is 5.75. The van der Waals surface area contributed by atoms with E-state index in [1.54, 1.807) is 0 Å². The number of halogens is 1. The monoisotopic (exact) mass is 248 g/mol. The molecule has 1 atom stereocenters. The van der Waals surface area contributed by atoms with E-state index in [9.17, 15) is 0 Å². The summed E-state index contributed by atoms with van der Waals surface area (Å²) < 4.78 is 5.83. The fourth-order valence-corrected chi connectivity index (χ4v) is 2.47. The molecule has 1 aliphatic carbocycles. The highest BCUT2D eigenvalue weighted by Crippen LogP contribution is 2.30. The zero-order valence-corrected chi connectivity index (χ0v) is 10.6. The van der Waals surface area contributed by atoms with Crippen LogP contribution in [0.4, 0.5) is 0 Å². The normalized spacial score (nSPS) is 21.2. The molecule has 0 N–H and O–H groups in total. The van der Waals surface area contributed by atoms with Gasteiger partial charge in [-0.15, -0.1) is 0 Å². The first-order valence-corrected chi connectivity index (χ1v) is 6.33. The molecule has 0 radical (unpaired) electrons. The summed E-state index contributed by atoms with van der Waals surface area (Å²) in [6, 6.07) is 0. The Kier molecular flexibility index (Phi) is 4.24. The van der Waals surface area contributed by atoms with E-state index >= 15 is 0 Å². The molecule has 0 aromatic rings. The van der Waals surface area contributed by atoms with Gasteiger partial charge >= 0.3 is 0 Å². The summed E-state index contributed by atoms with van der Waals surface area (Å²) in [6.45, 7) is 7.76. The lowest BCUT2D eigenvalue weighted by Crippen LogP contribution is -2.31. The number of ether oxygens (including phenoxy) is 1. The first-order chi connectivity index (χ1) is 6.04. The Bertz CT molecular complexity index is 147. The summed E-state index contributed by atoms with van der Waals surface area (Å²) in [6.07, 6.45) is 4.49. The Hall–Kier alpha value is 0.440. The summed E-state index contributed by atoms with van der Waals surface area (Å²) >= 11 is 3.56. The minimum atomic E-state index is 0.354. The van der Waals surface area contributed by atoms with E-state index in [-0.39, 0.29) is 0 Å². The summed E-state index contributed by atoms with van der Waals surface area (Å²) in [5, 5.41) is 1.04. The third kappa shape index (κ3) is 3.59. The maximum absolute atomic E-state index is 5.83. The predicted molar refractivity (Wildman–Crippen MR) is 60.3 cm³/mol. The van der Waals surface area contributed by atoms with Crippen molar-refractivity contribution in [2.75, 3.05) is 11.9 Å². The van der Waals surface area contributed by atoms with E-state index < -0.39 is 0 Å². The van der Waals surface area contributed by atoms with Crippen LogP contribution >= 0.6 is 15.9 Å². The molecule has 13 heavy (non-hydrogen) atoms. The van der Waals surface area contributed by atoms with Crippen molar-refractivity contribution in [3.63, 3.8) is 0 Å². The Labute approximate surface area is 90.4 Å². The summed E-state index contributed by atoms with van der Waals surface area (Å²) in [7, 11) is 0. The topological polar surface area (TPSA) is 9.23 Å². The minimum absolute atomic E-state index is 0.354. The Morgan fingerprint density at radius 1 is 1.38 bits per heavy atom. The molecular formula is C11H21BrO. The molecule has 0 amide bonds. The van der Waals surface area contributed by atoms with Crippen molar-refractivity contribution in [3.05, 3.63) is 0 Å². The molecule has 0 saturated heterocycles. The Morgan fingerprint density at radius 2 is 2.00 bits per heavy atom. The highest BCUT2D eigenvalue weighted by atomic mass is 79.9. The fourth-order valence-electron chi connectivity index (χ4n) is 1.32. The second kappa shape index (κ2) is 4.79. The highest BCUT2D eigenvalue weighted by Gasteiger charge is 2.26. The highest BCUT2D eigenvalue weighted by molar-refractivity contribution is 9.09. The van der Waals surface area contributed by atoms with Gasteiger partial charge in [-0.2, -0.15) is 0 Å². The molecule has 1 aliphatic rings. The Balaban J connectivity index is 2.22. The average molecular weight is 249 g/mol. The molecule has 1 rings (SSSR count). The summed E-state index contributed by atoms with van der Waals surface area (Å²) in [5.74, 6) is 0.632. The number of hydrogen-bond donors (Lipinski definition) is 0. The van der Waals surface area contributed by atoms with Crippen LogP contribution in [0.5, 0.6) is 0 Å². The number of rotatable bonds is 4. The van der Waals surface area contributed by atoms with Crippen LogP contribution < -0.4 is 0 Å². The third-order valence-electron chi connectivity index (χ3n) is 3.00. The molecule has 1 saturated carbocycles. The minimum Gasteiger partial charge on any atom is -0.378 e. The number of alkyl halides is 1. The lowest BCUT2D eigenvalue weighted by Gasteiger charge is -2.33. The van der Waals surface area contributed by atoms with Crippen molar-refractivity contribution in [3.8, 4) is 0 Å². The van der Waals surface area contributed by atoms with Crippen molar-refractivity contribution in [2.24, 2.45) is 11.3 Å². The second-order valence-electron chi connectivity index (χ2n) is 5.10. The van der Waals surface area contributed by atoms with Crippen LogP contribution in [0.25, 0.3) is 0 Å². The predicted octanol–water partition coefficient (Wildman–Crippen LogP) is 3.61. The summed E-state index contributed by atoms with van der Waals surface area (Å²) in [5.41, 5.74) is 0.354. The van der Waals surface area contributed by atoms with Gasteiger partial charge < -0.3 is 4.74 Å². The summed E-state index contributed by atoms with van der Waals surface area (Å²) in [4.78, 5) is 0. The van der Waals surface area contributed by atoms with E-state index in [0.717, 1.165) is 11.9 Å². The lowest BCUT2D eigenvalue weighted by molar-refractivity contribution is -0.0290. The quantitative estimate of drug-likeness (QED) is 0.691. The molecule has 1 nitrogen and oxygen atoms in total. The smallest absolute Gasteiger partial charge is 0.0575 e. The van der Waals surface area contributed by atoms with Gasteiger partial charge in [-0.3, -0.25) is 0 Å². The first-order valence-electron chi connectivity index (χ1n) is 5.21. The van der Waals surface area contributed by atoms with Crippen LogP contribution in [0, 0.1) is 11.3 Å². The molecule has 0 heterocycles. The molecule has 0 aromatic heterocycles. The molecule has 0 spiro atoms. The van der Waals surface area contributed by atoms with Gasteiger partial charge in [-0.1, -0.05) is 36.7 Å². The number of hydrogen-bond acceptors (Lipinski definition) is 1. The molecule has 0 bridgehead atoms. The fraction of sp³-hybridized carbons (Fsp3) is 1.00. The van der Waals surface area contributed by atoms with Crippen LogP contribution in [0.15, 0.2) is 0 Å². The van der Waals surface area contributed by atoms with Crippen LogP contribution in [0.3, 0.4) is 0 Å². The molecule has 78 valence electrons. The van der Waals surface area contributed by atoms with Gasteiger partial charge in [0.2, 0.25) is 0 Å².